The van der Waals surface area contributed by atoms with Gasteiger partial charge >= 0.3 is 11.7 Å². The maximum atomic E-state index is 11.8. The lowest BCUT2D eigenvalue weighted by molar-refractivity contribution is -0.119. The molecule has 1 aromatic heterocycles. The van der Waals surface area contributed by atoms with Crippen LogP contribution in [0.1, 0.15) is 42.1 Å². The topological polar surface area (TPSA) is 121 Å². The predicted molar refractivity (Wildman–Crippen MR) is 91.7 cm³/mol. The van der Waals surface area contributed by atoms with Gasteiger partial charge in [-0.1, -0.05) is 26.0 Å². The molecule has 0 saturated carbocycles. The maximum Gasteiger partial charge on any atom is 0.345 e. The number of carbonyl (C=O) groups excluding carboxylic acids is 2. The second-order valence-corrected chi connectivity index (χ2v) is 5.54. The first-order chi connectivity index (χ1) is 11.9. The van der Waals surface area contributed by atoms with E-state index >= 15 is 0 Å². The van der Waals surface area contributed by atoms with Gasteiger partial charge in [0, 0.05) is 11.9 Å². The summed E-state index contributed by atoms with van der Waals surface area (Å²) in [5, 5.41) is 2.60. The molecule has 0 spiro atoms. The summed E-state index contributed by atoms with van der Waals surface area (Å²) >= 11 is 0. The van der Waals surface area contributed by atoms with Crippen molar-refractivity contribution in [1.82, 2.24) is 9.97 Å². The Balaban J connectivity index is 1.91. The summed E-state index contributed by atoms with van der Waals surface area (Å²) < 4.78 is 4.77. The molecule has 2 aromatic rings. The van der Waals surface area contributed by atoms with Gasteiger partial charge < -0.3 is 15.0 Å². The second kappa shape index (κ2) is 8.09. The van der Waals surface area contributed by atoms with Gasteiger partial charge in [-0.3, -0.25) is 14.6 Å². The summed E-state index contributed by atoms with van der Waals surface area (Å²) in [6, 6.07) is 7.40. The van der Waals surface area contributed by atoms with E-state index in [1.54, 1.807) is 12.1 Å². The Morgan fingerprint density at radius 2 is 1.88 bits per heavy atom. The van der Waals surface area contributed by atoms with Gasteiger partial charge in [-0.2, -0.15) is 0 Å². The van der Waals surface area contributed by atoms with Crippen molar-refractivity contribution in [3.05, 3.63) is 62.4 Å². The summed E-state index contributed by atoms with van der Waals surface area (Å²) in [7, 11) is 0. The predicted octanol–water partition coefficient (Wildman–Crippen LogP) is 1.37. The fourth-order valence-electron chi connectivity index (χ4n) is 2.10. The molecule has 0 saturated heterocycles. The highest BCUT2D eigenvalue weighted by molar-refractivity contribution is 5.95. The normalized spacial score (nSPS) is 11.6. The molecule has 2 rings (SSSR count). The van der Waals surface area contributed by atoms with E-state index in [1.807, 2.05) is 17.1 Å². The molecule has 1 atom stereocenters. The van der Waals surface area contributed by atoms with Crippen molar-refractivity contribution in [2.45, 2.75) is 26.2 Å². The number of amides is 1. The fraction of sp³-hybridized carbons (Fsp3) is 0.294. The molecule has 0 aliphatic heterocycles. The summed E-state index contributed by atoms with van der Waals surface area (Å²) in [5.74, 6) is -1.11. The molecule has 0 aliphatic carbocycles. The minimum absolute atomic E-state index is 0.384. The third-order valence-corrected chi connectivity index (χ3v) is 3.75. The number of H-pyrrole nitrogens is 2. The highest BCUT2D eigenvalue weighted by Gasteiger charge is 2.14. The summed E-state index contributed by atoms with van der Waals surface area (Å²) in [5.41, 5.74) is -0.251. The van der Waals surface area contributed by atoms with Gasteiger partial charge in [-0.25, -0.2) is 9.59 Å². The molecule has 1 amide bonds. The van der Waals surface area contributed by atoms with Gasteiger partial charge in [-0.05, 0) is 30.0 Å². The lowest BCUT2D eigenvalue weighted by Crippen LogP contribution is -2.29. The van der Waals surface area contributed by atoms with Crippen molar-refractivity contribution in [2.24, 2.45) is 0 Å². The Bertz CT molecular complexity index is 867. The zero-order chi connectivity index (χ0) is 18.4. The average molecular weight is 345 g/mol. The van der Waals surface area contributed by atoms with Crippen LogP contribution in [-0.4, -0.2) is 28.5 Å². The average Bonchev–Trinajstić information content (AvgIpc) is 2.59. The van der Waals surface area contributed by atoms with E-state index in [0.717, 1.165) is 12.6 Å². The monoisotopic (exact) mass is 345 g/mol. The van der Waals surface area contributed by atoms with Gasteiger partial charge in [0.2, 0.25) is 0 Å². The number of aromatic nitrogens is 2. The Kier molecular flexibility index (Phi) is 5.89. The van der Waals surface area contributed by atoms with E-state index in [2.05, 4.69) is 24.1 Å². The lowest BCUT2D eigenvalue weighted by atomic mass is 9.99. The first kappa shape index (κ1) is 18.2. The van der Waals surface area contributed by atoms with Crippen molar-refractivity contribution in [2.75, 3.05) is 11.9 Å². The molecule has 1 unspecified atom stereocenters. The number of hydrogen-bond acceptors (Lipinski definition) is 5. The smallest absolute Gasteiger partial charge is 0.345 e. The Morgan fingerprint density at radius 3 is 2.48 bits per heavy atom. The number of benzene rings is 1. The number of nitrogens with one attached hydrogen (secondary N) is 3. The van der Waals surface area contributed by atoms with Gasteiger partial charge in [0.1, 0.15) is 5.56 Å². The number of anilines is 1. The number of carbonyl (C=O) groups is 2. The van der Waals surface area contributed by atoms with Crippen LogP contribution in [0.2, 0.25) is 0 Å². The molecule has 8 heteroatoms. The molecular weight excluding hydrogens is 326 g/mol. The maximum absolute atomic E-state index is 11.8. The molecule has 0 radical (unpaired) electrons. The zero-order valence-corrected chi connectivity index (χ0v) is 13.9. The third-order valence-electron chi connectivity index (χ3n) is 3.75. The molecule has 0 aliphatic rings. The lowest BCUT2D eigenvalue weighted by Gasteiger charge is -2.10. The van der Waals surface area contributed by atoms with Crippen LogP contribution in [0, 0.1) is 0 Å². The summed E-state index contributed by atoms with van der Waals surface area (Å²) in [6.45, 7) is 3.66. The van der Waals surface area contributed by atoms with E-state index in [0.29, 0.717) is 11.6 Å². The van der Waals surface area contributed by atoms with Crippen LogP contribution in [0.4, 0.5) is 5.69 Å². The zero-order valence-electron chi connectivity index (χ0n) is 13.9. The molecule has 25 heavy (non-hydrogen) atoms. The Labute approximate surface area is 143 Å². The minimum Gasteiger partial charge on any atom is -0.452 e. The van der Waals surface area contributed by atoms with Crippen LogP contribution >= 0.6 is 0 Å². The van der Waals surface area contributed by atoms with Crippen molar-refractivity contribution in [1.29, 1.82) is 0 Å². The van der Waals surface area contributed by atoms with Gasteiger partial charge in [0.15, 0.2) is 6.61 Å². The van der Waals surface area contributed by atoms with E-state index in [4.69, 9.17) is 4.74 Å². The molecule has 8 nitrogen and oxygen atoms in total. The SMILES string of the molecule is CCC(C)c1ccc(NC(=O)COC(=O)c2c[nH]c(=O)[nH]c2=O)cc1. The molecule has 3 N–H and O–H groups in total. The molecule has 0 fully saturated rings. The van der Waals surface area contributed by atoms with E-state index in [-0.39, 0.29) is 5.56 Å². The van der Waals surface area contributed by atoms with E-state index < -0.39 is 29.7 Å². The van der Waals surface area contributed by atoms with Crippen molar-refractivity contribution in [3.8, 4) is 0 Å². The van der Waals surface area contributed by atoms with Gasteiger partial charge in [0.25, 0.3) is 11.5 Å². The molecule has 1 heterocycles. The van der Waals surface area contributed by atoms with Crippen LogP contribution in [0.3, 0.4) is 0 Å². The molecular formula is C17H19N3O5. The van der Waals surface area contributed by atoms with Crippen LogP contribution in [0.25, 0.3) is 0 Å². The first-order valence-corrected chi connectivity index (χ1v) is 7.79. The first-order valence-electron chi connectivity index (χ1n) is 7.79. The number of aromatic amines is 2. The highest BCUT2D eigenvalue weighted by Crippen LogP contribution is 2.20. The quantitative estimate of drug-likeness (QED) is 0.683. The van der Waals surface area contributed by atoms with Gasteiger partial charge in [-0.15, -0.1) is 0 Å². The summed E-state index contributed by atoms with van der Waals surface area (Å²) in [4.78, 5) is 50.0. The minimum atomic E-state index is -1.00. The van der Waals surface area contributed by atoms with Crippen molar-refractivity contribution >= 4 is 17.6 Å². The second-order valence-electron chi connectivity index (χ2n) is 5.54. The van der Waals surface area contributed by atoms with Crippen LogP contribution in [0.5, 0.6) is 0 Å². The van der Waals surface area contributed by atoms with E-state index in [9.17, 15) is 19.2 Å². The number of hydrogen-bond donors (Lipinski definition) is 3. The third kappa shape index (κ3) is 4.90. The number of rotatable bonds is 6. The van der Waals surface area contributed by atoms with E-state index in [1.165, 1.54) is 5.56 Å². The Morgan fingerprint density at radius 1 is 1.20 bits per heavy atom. The number of ether oxygens (including phenoxy) is 1. The van der Waals surface area contributed by atoms with Crippen molar-refractivity contribution < 1.29 is 14.3 Å². The number of esters is 1. The fourth-order valence-corrected chi connectivity index (χ4v) is 2.10. The van der Waals surface area contributed by atoms with Crippen LogP contribution in [-0.2, 0) is 9.53 Å². The van der Waals surface area contributed by atoms with Gasteiger partial charge in [0.05, 0.1) is 0 Å². The van der Waals surface area contributed by atoms with Crippen molar-refractivity contribution in [3.63, 3.8) is 0 Å². The largest absolute Gasteiger partial charge is 0.452 e. The summed E-state index contributed by atoms with van der Waals surface area (Å²) in [6.07, 6.45) is 1.96. The van der Waals surface area contributed by atoms with Crippen LogP contribution < -0.4 is 16.6 Å². The standard InChI is InChI=1S/C17H19N3O5/c1-3-10(2)11-4-6-12(7-5-11)19-14(21)9-25-16(23)13-8-18-17(24)20-15(13)22/h4-8,10H,3,9H2,1-2H3,(H,19,21)(H2,18,20,22,24). The molecule has 132 valence electrons. The Hall–Kier alpha value is -3.16. The van der Waals surface area contributed by atoms with Crippen LogP contribution in [0.15, 0.2) is 40.1 Å². The highest BCUT2D eigenvalue weighted by atomic mass is 16.5. The molecule has 1 aromatic carbocycles. The molecule has 0 bridgehead atoms.